The SMILES string of the molecule is CC1(NS(=O)(=O)c2ccc(-c3c(Cl)cc(NC4=NCC(N)=N4)cc3C(F)(F)F)cc2)CC1. The molecule has 170 valence electrons. The Morgan fingerprint density at radius 2 is 1.81 bits per heavy atom. The Balaban J connectivity index is 1.69. The summed E-state index contributed by atoms with van der Waals surface area (Å²) in [4.78, 5) is 7.83. The number of amidine groups is 1. The minimum Gasteiger partial charge on any atom is -0.385 e. The first-order valence-electron chi connectivity index (χ1n) is 9.56. The van der Waals surface area contributed by atoms with Crippen molar-refractivity contribution in [3.05, 3.63) is 47.0 Å². The van der Waals surface area contributed by atoms with Crippen molar-refractivity contribution in [3.8, 4) is 11.1 Å². The molecule has 12 heteroatoms. The summed E-state index contributed by atoms with van der Waals surface area (Å²) in [5, 5.41) is 2.50. The normalized spacial score (nSPS) is 17.7. The van der Waals surface area contributed by atoms with Gasteiger partial charge in [-0.3, -0.25) is 0 Å². The van der Waals surface area contributed by atoms with Crippen LogP contribution < -0.4 is 15.8 Å². The molecular weight excluding hydrogens is 467 g/mol. The van der Waals surface area contributed by atoms with E-state index in [4.69, 9.17) is 17.3 Å². The molecule has 0 amide bonds. The fourth-order valence-corrected chi connectivity index (χ4v) is 5.02. The average molecular weight is 486 g/mol. The van der Waals surface area contributed by atoms with E-state index < -0.39 is 27.3 Å². The number of benzene rings is 2. The van der Waals surface area contributed by atoms with Crippen molar-refractivity contribution >= 4 is 39.1 Å². The topological polar surface area (TPSA) is 109 Å². The zero-order valence-corrected chi connectivity index (χ0v) is 18.4. The maximum atomic E-state index is 13.9. The fourth-order valence-electron chi connectivity index (χ4n) is 3.23. The van der Waals surface area contributed by atoms with Crippen LogP contribution in [0.15, 0.2) is 51.3 Å². The second-order valence-corrected chi connectivity index (χ2v) is 10.0. The lowest BCUT2D eigenvalue weighted by Gasteiger charge is -2.18. The van der Waals surface area contributed by atoms with E-state index in [9.17, 15) is 21.6 Å². The van der Waals surface area contributed by atoms with Crippen LogP contribution in [0.25, 0.3) is 11.1 Å². The van der Waals surface area contributed by atoms with E-state index in [1.807, 2.05) is 0 Å². The molecular formula is C20H19ClF3N5O2S. The molecule has 0 spiro atoms. The standard InChI is InChI=1S/C20H19ClF3N5O2S/c1-19(6-7-19)29-32(30,31)13-4-2-11(3-5-13)17-14(20(22,23)24)8-12(9-15(17)21)27-18-26-10-16(25)28-18/h2-5,8-9,29H,6-7,10H2,1H3,(H3,25,26,27,28). The molecule has 0 radical (unpaired) electrons. The van der Waals surface area contributed by atoms with Crippen LogP contribution in [0, 0.1) is 0 Å². The van der Waals surface area contributed by atoms with Crippen molar-refractivity contribution in [3.63, 3.8) is 0 Å². The van der Waals surface area contributed by atoms with Crippen molar-refractivity contribution in [1.29, 1.82) is 0 Å². The van der Waals surface area contributed by atoms with E-state index in [1.165, 1.54) is 30.3 Å². The number of guanidine groups is 1. The van der Waals surface area contributed by atoms with E-state index >= 15 is 0 Å². The quantitative estimate of drug-likeness (QED) is 0.594. The number of sulfonamides is 1. The third-order valence-electron chi connectivity index (χ3n) is 5.13. The van der Waals surface area contributed by atoms with Crippen molar-refractivity contribution < 1.29 is 21.6 Å². The molecule has 2 aliphatic rings. The average Bonchev–Trinajstić information content (AvgIpc) is 3.26. The van der Waals surface area contributed by atoms with E-state index in [0.29, 0.717) is 0 Å². The molecule has 0 unspecified atom stereocenters. The Morgan fingerprint density at radius 1 is 1.16 bits per heavy atom. The van der Waals surface area contributed by atoms with E-state index in [2.05, 4.69) is 20.0 Å². The van der Waals surface area contributed by atoms with Crippen LogP contribution in [-0.2, 0) is 16.2 Å². The molecule has 2 aromatic carbocycles. The van der Waals surface area contributed by atoms with Crippen LogP contribution in [0.4, 0.5) is 18.9 Å². The Bertz CT molecular complexity index is 1240. The first-order chi connectivity index (χ1) is 14.9. The van der Waals surface area contributed by atoms with Crippen molar-refractivity contribution in [2.45, 2.75) is 36.4 Å². The second-order valence-electron chi connectivity index (χ2n) is 7.94. The summed E-state index contributed by atoms with van der Waals surface area (Å²) in [5.74, 6) is 0.331. The highest BCUT2D eigenvalue weighted by Crippen LogP contribution is 2.43. The lowest BCUT2D eigenvalue weighted by molar-refractivity contribution is -0.137. The van der Waals surface area contributed by atoms with Crippen LogP contribution in [0.2, 0.25) is 5.02 Å². The number of halogens is 4. The van der Waals surface area contributed by atoms with E-state index in [0.717, 1.165) is 18.9 Å². The Kier molecular flexibility index (Phi) is 5.46. The minimum absolute atomic E-state index is 0.0351. The van der Waals surface area contributed by atoms with Gasteiger partial charge in [0.15, 0.2) is 0 Å². The van der Waals surface area contributed by atoms with Gasteiger partial charge in [-0.25, -0.2) is 18.1 Å². The summed E-state index contributed by atoms with van der Waals surface area (Å²) in [6.45, 7) is 1.95. The molecule has 1 aliphatic heterocycles. The lowest BCUT2D eigenvalue weighted by Crippen LogP contribution is -2.34. The molecule has 0 bridgehead atoms. The van der Waals surface area contributed by atoms with Crippen molar-refractivity contribution in [2.75, 3.05) is 11.9 Å². The predicted octanol–water partition coefficient (Wildman–Crippen LogP) is 4.00. The lowest BCUT2D eigenvalue weighted by atomic mass is 9.98. The molecule has 7 nitrogen and oxygen atoms in total. The van der Waals surface area contributed by atoms with Crippen LogP contribution in [-0.4, -0.2) is 32.3 Å². The van der Waals surface area contributed by atoms with Crippen LogP contribution in [0.3, 0.4) is 0 Å². The van der Waals surface area contributed by atoms with Gasteiger partial charge in [0.2, 0.25) is 16.0 Å². The molecule has 0 atom stereocenters. The Labute approximate surface area is 187 Å². The number of hydrogen-bond acceptors (Lipinski definition) is 6. The zero-order chi connectivity index (χ0) is 23.3. The summed E-state index contributed by atoms with van der Waals surface area (Å²) in [5.41, 5.74) is 4.00. The predicted molar refractivity (Wildman–Crippen MR) is 117 cm³/mol. The Hall–Kier alpha value is -2.63. The van der Waals surface area contributed by atoms with Gasteiger partial charge in [-0.1, -0.05) is 23.7 Å². The maximum Gasteiger partial charge on any atom is 0.417 e. The third kappa shape index (κ3) is 4.74. The summed E-state index contributed by atoms with van der Waals surface area (Å²) < 4.78 is 69.2. The molecule has 0 saturated heterocycles. The van der Waals surface area contributed by atoms with Crippen LogP contribution >= 0.6 is 11.6 Å². The molecule has 1 aliphatic carbocycles. The molecule has 32 heavy (non-hydrogen) atoms. The monoisotopic (exact) mass is 485 g/mol. The van der Waals surface area contributed by atoms with Gasteiger partial charge in [0, 0.05) is 16.8 Å². The van der Waals surface area contributed by atoms with E-state index in [1.54, 1.807) is 6.92 Å². The van der Waals surface area contributed by atoms with Gasteiger partial charge in [-0.15, -0.1) is 0 Å². The van der Waals surface area contributed by atoms with Crippen molar-refractivity contribution in [1.82, 2.24) is 4.72 Å². The van der Waals surface area contributed by atoms with Gasteiger partial charge in [0.1, 0.15) is 12.4 Å². The first-order valence-corrected chi connectivity index (χ1v) is 11.4. The first kappa shape index (κ1) is 22.6. The highest BCUT2D eigenvalue weighted by atomic mass is 35.5. The number of hydrogen-bond donors (Lipinski definition) is 3. The highest BCUT2D eigenvalue weighted by Gasteiger charge is 2.41. The molecule has 1 heterocycles. The van der Waals surface area contributed by atoms with E-state index in [-0.39, 0.29) is 45.1 Å². The molecule has 4 N–H and O–H groups in total. The number of nitrogens with zero attached hydrogens (tertiary/aromatic N) is 2. The van der Waals surface area contributed by atoms with Gasteiger partial charge in [0.05, 0.1) is 15.5 Å². The number of rotatable bonds is 5. The molecule has 1 saturated carbocycles. The second kappa shape index (κ2) is 7.75. The highest BCUT2D eigenvalue weighted by molar-refractivity contribution is 7.89. The summed E-state index contributed by atoms with van der Waals surface area (Å²) >= 11 is 6.24. The Morgan fingerprint density at radius 3 is 2.34 bits per heavy atom. The fraction of sp³-hybridized carbons (Fsp3) is 0.300. The molecule has 4 rings (SSSR count). The van der Waals surface area contributed by atoms with Gasteiger partial charge in [0.25, 0.3) is 0 Å². The van der Waals surface area contributed by atoms with Gasteiger partial charge >= 0.3 is 6.18 Å². The number of anilines is 1. The maximum absolute atomic E-state index is 13.9. The van der Waals surface area contributed by atoms with Gasteiger partial charge in [-0.05, 0) is 49.6 Å². The minimum atomic E-state index is -4.72. The van der Waals surface area contributed by atoms with Crippen LogP contribution in [0.1, 0.15) is 25.3 Å². The number of aliphatic imine (C=N–C) groups is 2. The smallest absolute Gasteiger partial charge is 0.385 e. The zero-order valence-electron chi connectivity index (χ0n) is 16.8. The largest absolute Gasteiger partial charge is 0.417 e. The third-order valence-corrected chi connectivity index (χ3v) is 7.08. The van der Waals surface area contributed by atoms with Gasteiger partial charge < -0.3 is 11.1 Å². The van der Waals surface area contributed by atoms with Gasteiger partial charge in [-0.2, -0.15) is 18.2 Å². The molecule has 0 aromatic heterocycles. The molecule has 2 aromatic rings. The number of alkyl halides is 3. The summed E-state index contributed by atoms with van der Waals surface area (Å²) in [6.07, 6.45) is -3.25. The van der Waals surface area contributed by atoms with Crippen LogP contribution in [0.5, 0.6) is 0 Å². The summed E-state index contributed by atoms with van der Waals surface area (Å²) in [7, 11) is -3.78. The number of nitrogens with one attached hydrogen (secondary N) is 2. The number of nitrogens with two attached hydrogens (primary N) is 1. The van der Waals surface area contributed by atoms with Crippen molar-refractivity contribution in [2.24, 2.45) is 15.7 Å². The summed E-state index contributed by atoms with van der Waals surface area (Å²) in [6, 6.07) is 7.35. The molecule has 1 fully saturated rings.